The number of anilines is 1. The number of halogens is 2. The Balaban J connectivity index is 1.31. The molecule has 0 spiro atoms. The number of hydrogen-bond donors (Lipinski definition) is 1. The van der Waals surface area contributed by atoms with Crippen LogP contribution in [0, 0.1) is 23.1 Å². The summed E-state index contributed by atoms with van der Waals surface area (Å²) in [5, 5.41) is 12.4. The van der Waals surface area contributed by atoms with Gasteiger partial charge in [0.05, 0.1) is 16.7 Å². The Morgan fingerprint density at radius 1 is 1.19 bits per heavy atom. The summed E-state index contributed by atoms with van der Waals surface area (Å²) in [5.74, 6) is 0.0000501. The summed E-state index contributed by atoms with van der Waals surface area (Å²) < 4.78 is 13.7. The first-order chi connectivity index (χ1) is 17.9. The van der Waals surface area contributed by atoms with Crippen LogP contribution in [0.25, 0.3) is 0 Å². The number of nitrogens with zero attached hydrogens (tertiary/aromatic N) is 4. The maximum Gasteiger partial charge on any atom is 0.322 e. The minimum atomic E-state index is -0.499. The van der Waals surface area contributed by atoms with Gasteiger partial charge in [-0.1, -0.05) is 23.7 Å². The van der Waals surface area contributed by atoms with Gasteiger partial charge in [0.25, 0.3) is 0 Å². The van der Waals surface area contributed by atoms with Gasteiger partial charge < -0.3 is 15.1 Å². The van der Waals surface area contributed by atoms with E-state index in [1.54, 1.807) is 6.07 Å². The maximum atomic E-state index is 13.7. The second-order valence-corrected chi connectivity index (χ2v) is 11.3. The lowest BCUT2D eigenvalue weighted by Gasteiger charge is -2.56. The molecule has 0 bridgehead atoms. The van der Waals surface area contributed by atoms with Gasteiger partial charge in [0.1, 0.15) is 5.82 Å². The van der Waals surface area contributed by atoms with Crippen LogP contribution in [0.15, 0.2) is 42.5 Å². The van der Waals surface area contributed by atoms with Crippen LogP contribution in [0.5, 0.6) is 0 Å². The van der Waals surface area contributed by atoms with Crippen molar-refractivity contribution in [3.63, 3.8) is 0 Å². The zero-order valence-corrected chi connectivity index (χ0v) is 22.2. The van der Waals surface area contributed by atoms with Crippen LogP contribution in [0.1, 0.15) is 43.2 Å². The van der Waals surface area contributed by atoms with Crippen molar-refractivity contribution in [2.24, 2.45) is 5.92 Å². The zero-order chi connectivity index (χ0) is 26.0. The van der Waals surface area contributed by atoms with Crippen LogP contribution < -0.4 is 5.32 Å². The van der Waals surface area contributed by atoms with Gasteiger partial charge in [-0.2, -0.15) is 5.26 Å². The molecule has 2 amide bonds. The molecule has 2 aromatic carbocycles. The number of nitrogens with one attached hydrogen (secondary N) is 1. The molecule has 1 N–H and O–H groups in total. The van der Waals surface area contributed by atoms with Crippen molar-refractivity contribution < 1.29 is 9.18 Å². The molecular formula is C29H35ClFN5O. The zero-order valence-electron chi connectivity index (χ0n) is 21.4. The van der Waals surface area contributed by atoms with E-state index >= 15 is 0 Å². The molecule has 8 heteroatoms. The van der Waals surface area contributed by atoms with E-state index in [9.17, 15) is 14.4 Å². The maximum absolute atomic E-state index is 13.7. The highest BCUT2D eigenvalue weighted by atomic mass is 35.5. The molecule has 37 heavy (non-hydrogen) atoms. The van der Waals surface area contributed by atoms with E-state index in [0.29, 0.717) is 23.7 Å². The highest BCUT2D eigenvalue weighted by molar-refractivity contribution is 6.31. The molecule has 3 aliphatic rings. The Labute approximate surface area is 224 Å². The molecule has 196 valence electrons. The first-order valence-corrected chi connectivity index (χ1v) is 13.7. The number of amides is 2. The number of fused-ring (bicyclic) bond motifs is 1. The third-order valence-corrected chi connectivity index (χ3v) is 9.18. The third kappa shape index (κ3) is 5.47. The number of carbonyl (C=O) groups excluding carboxylic acids is 1. The number of urea groups is 1. The first-order valence-electron chi connectivity index (χ1n) is 13.3. The SMILES string of the molecule is CN1CCN(CCN(C(=O)Nc2ccc(F)c(Cl)c2)[C@H]2CC[C@@]3(c4cccc(C#N)c4)CC[C@H]3C2)CC1. The Bertz CT molecular complexity index is 1180. The average Bonchev–Trinajstić information content (AvgIpc) is 2.89. The molecule has 3 atom stereocenters. The second kappa shape index (κ2) is 11.0. The predicted molar refractivity (Wildman–Crippen MR) is 144 cm³/mol. The number of carbonyl (C=O) groups is 1. The van der Waals surface area contributed by atoms with Crippen LogP contribution in [0.2, 0.25) is 5.02 Å². The average molecular weight is 524 g/mol. The molecular weight excluding hydrogens is 489 g/mol. The van der Waals surface area contributed by atoms with Crippen molar-refractivity contribution in [1.29, 1.82) is 5.26 Å². The summed E-state index contributed by atoms with van der Waals surface area (Å²) in [6, 6.07) is 14.7. The normalized spacial score (nSPS) is 26.0. The van der Waals surface area contributed by atoms with Gasteiger partial charge in [-0.15, -0.1) is 0 Å². The summed E-state index contributed by atoms with van der Waals surface area (Å²) in [7, 11) is 2.14. The fraction of sp³-hybridized carbons (Fsp3) is 0.517. The molecule has 1 heterocycles. The number of nitriles is 1. The van der Waals surface area contributed by atoms with E-state index in [1.165, 1.54) is 17.7 Å². The molecule has 5 rings (SSSR count). The molecule has 0 unspecified atom stereocenters. The van der Waals surface area contributed by atoms with Gasteiger partial charge in [-0.3, -0.25) is 4.90 Å². The molecule has 2 aliphatic carbocycles. The molecule has 0 aromatic heterocycles. The monoisotopic (exact) mass is 523 g/mol. The summed E-state index contributed by atoms with van der Waals surface area (Å²) >= 11 is 5.97. The lowest BCUT2D eigenvalue weighted by Crippen LogP contribution is -2.56. The van der Waals surface area contributed by atoms with Crippen molar-refractivity contribution in [3.05, 3.63) is 64.4 Å². The molecule has 1 saturated heterocycles. The quantitative estimate of drug-likeness (QED) is 0.555. The fourth-order valence-corrected chi connectivity index (χ4v) is 6.67. The number of piperazine rings is 1. The van der Waals surface area contributed by atoms with Crippen LogP contribution in [0.3, 0.4) is 0 Å². The fourth-order valence-electron chi connectivity index (χ4n) is 6.49. The predicted octanol–water partition coefficient (Wildman–Crippen LogP) is 5.33. The summed E-state index contributed by atoms with van der Waals surface area (Å²) in [4.78, 5) is 20.4. The van der Waals surface area contributed by atoms with Crippen molar-refractivity contribution in [2.45, 2.75) is 43.6 Å². The molecule has 2 saturated carbocycles. The molecule has 3 fully saturated rings. The van der Waals surface area contributed by atoms with Gasteiger partial charge in [0.2, 0.25) is 0 Å². The lowest BCUT2D eigenvalue weighted by atomic mass is 9.50. The van der Waals surface area contributed by atoms with Crippen molar-refractivity contribution in [1.82, 2.24) is 14.7 Å². The first kappa shape index (κ1) is 26.0. The van der Waals surface area contributed by atoms with Crippen LogP contribution in [-0.2, 0) is 5.41 Å². The number of benzene rings is 2. The van der Waals surface area contributed by atoms with Gasteiger partial charge in [0.15, 0.2) is 0 Å². The Kier molecular flexibility index (Phi) is 7.71. The topological polar surface area (TPSA) is 62.6 Å². The Morgan fingerprint density at radius 3 is 2.65 bits per heavy atom. The van der Waals surface area contributed by atoms with E-state index in [4.69, 9.17) is 11.6 Å². The molecule has 2 aromatic rings. The lowest BCUT2D eigenvalue weighted by molar-refractivity contribution is 0.0200. The largest absolute Gasteiger partial charge is 0.322 e. The smallest absolute Gasteiger partial charge is 0.320 e. The number of likely N-dealkylation sites (N-methyl/N-ethyl adjacent to an activating group) is 1. The van der Waals surface area contributed by atoms with E-state index in [0.717, 1.165) is 64.8 Å². The highest BCUT2D eigenvalue weighted by Crippen LogP contribution is 2.57. The van der Waals surface area contributed by atoms with Gasteiger partial charge in [-0.05, 0) is 86.4 Å². The third-order valence-electron chi connectivity index (χ3n) is 8.89. The molecule has 1 aliphatic heterocycles. The Hall–Kier alpha value is -2.66. The van der Waals surface area contributed by atoms with E-state index < -0.39 is 5.82 Å². The van der Waals surface area contributed by atoms with Crippen LogP contribution in [-0.4, -0.2) is 73.1 Å². The number of hydrogen-bond acceptors (Lipinski definition) is 4. The van der Waals surface area contributed by atoms with E-state index in [1.807, 2.05) is 17.0 Å². The second-order valence-electron chi connectivity index (χ2n) is 10.9. The highest BCUT2D eigenvalue weighted by Gasteiger charge is 2.52. The minimum absolute atomic E-state index is 0.00157. The van der Waals surface area contributed by atoms with E-state index in [-0.39, 0.29) is 22.5 Å². The van der Waals surface area contributed by atoms with Crippen LogP contribution in [0.4, 0.5) is 14.9 Å². The van der Waals surface area contributed by atoms with E-state index in [2.05, 4.69) is 40.4 Å². The number of rotatable bonds is 6. The summed E-state index contributed by atoms with van der Waals surface area (Å²) in [5.41, 5.74) is 2.61. The summed E-state index contributed by atoms with van der Waals surface area (Å²) in [6.45, 7) is 5.57. The Morgan fingerprint density at radius 2 is 1.97 bits per heavy atom. The van der Waals surface area contributed by atoms with Crippen molar-refractivity contribution in [3.8, 4) is 6.07 Å². The molecule has 0 radical (unpaired) electrons. The summed E-state index contributed by atoms with van der Waals surface area (Å²) in [6.07, 6.45) is 5.18. The van der Waals surface area contributed by atoms with Crippen molar-refractivity contribution >= 4 is 23.3 Å². The van der Waals surface area contributed by atoms with Gasteiger partial charge in [-0.25, -0.2) is 9.18 Å². The molecule has 6 nitrogen and oxygen atoms in total. The van der Waals surface area contributed by atoms with Crippen LogP contribution >= 0.6 is 11.6 Å². The standard InChI is InChI=1S/C29H35ClFN5O/c1-34-11-13-35(14-12-34)15-16-36(28(37)33-24-5-6-27(31)26(30)19-24)25-8-10-29(9-7-23(29)18-25)22-4-2-3-21(17-22)20-32/h2-6,17,19,23,25H,7-16,18H2,1H3,(H,33,37)/t23-,25-,29+/m0/s1. The van der Waals surface area contributed by atoms with Gasteiger partial charge >= 0.3 is 6.03 Å². The van der Waals surface area contributed by atoms with Gasteiger partial charge in [0, 0.05) is 51.0 Å². The minimum Gasteiger partial charge on any atom is -0.320 e. The van der Waals surface area contributed by atoms with Crippen molar-refractivity contribution in [2.75, 3.05) is 51.6 Å².